The van der Waals surface area contributed by atoms with E-state index in [1.807, 2.05) is 0 Å². The number of hydrogen-bond donors (Lipinski definition) is 2. The van der Waals surface area contributed by atoms with Crippen molar-refractivity contribution in [3.05, 3.63) is 58.1 Å². The Morgan fingerprint density at radius 1 is 1.11 bits per heavy atom. The number of nitrogen functional groups attached to an aromatic ring is 1. The predicted molar refractivity (Wildman–Crippen MR) is 71.6 cm³/mol. The van der Waals surface area contributed by atoms with Gasteiger partial charge < -0.3 is 10.5 Å². The third kappa shape index (κ3) is 3.08. The van der Waals surface area contributed by atoms with Crippen molar-refractivity contribution in [3.8, 4) is 11.5 Å². The second-order valence-corrected chi connectivity index (χ2v) is 4.59. The van der Waals surface area contributed by atoms with Crippen LogP contribution in [0.5, 0.6) is 11.5 Å². The van der Waals surface area contributed by atoms with Crippen LogP contribution in [0.1, 0.15) is 5.56 Å². The molecule has 0 heterocycles. The number of hydrogen-bond acceptors (Lipinski definition) is 2. The van der Waals surface area contributed by atoms with Gasteiger partial charge in [0.05, 0.1) is 4.47 Å². The summed E-state index contributed by atoms with van der Waals surface area (Å²) >= 11 is 3.01. The second-order valence-electron chi connectivity index (χ2n) is 3.74. The van der Waals surface area contributed by atoms with E-state index in [2.05, 4.69) is 15.9 Å². The first-order valence-corrected chi connectivity index (χ1v) is 6.03. The molecule has 0 spiro atoms. The van der Waals surface area contributed by atoms with E-state index < -0.39 is 11.6 Å². The molecule has 0 aliphatic rings. The van der Waals surface area contributed by atoms with Crippen LogP contribution in [0.4, 0.5) is 8.78 Å². The Labute approximate surface area is 116 Å². The number of benzene rings is 2. The van der Waals surface area contributed by atoms with Crippen LogP contribution < -0.4 is 10.5 Å². The van der Waals surface area contributed by atoms with E-state index in [-0.39, 0.29) is 22.9 Å². The minimum Gasteiger partial charge on any atom is -0.454 e. The van der Waals surface area contributed by atoms with Crippen molar-refractivity contribution in [1.29, 1.82) is 5.41 Å². The normalized spacial score (nSPS) is 10.3. The summed E-state index contributed by atoms with van der Waals surface area (Å²) < 4.78 is 32.5. The molecular weight excluding hydrogens is 318 g/mol. The maximum atomic E-state index is 13.7. The first kappa shape index (κ1) is 13.5. The van der Waals surface area contributed by atoms with Crippen LogP contribution in [0.15, 0.2) is 40.9 Å². The molecular formula is C13H9BrF2N2O. The average Bonchev–Trinajstić information content (AvgIpc) is 2.36. The van der Waals surface area contributed by atoms with E-state index in [1.165, 1.54) is 24.3 Å². The van der Waals surface area contributed by atoms with Crippen molar-refractivity contribution in [1.82, 2.24) is 0 Å². The fourth-order valence-corrected chi connectivity index (χ4v) is 1.67. The number of amidine groups is 1. The van der Waals surface area contributed by atoms with Gasteiger partial charge in [-0.3, -0.25) is 5.41 Å². The van der Waals surface area contributed by atoms with Crippen LogP contribution >= 0.6 is 15.9 Å². The van der Waals surface area contributed by atoms with Gasteiger partial charge in [0.2, 0.25) is 0 Å². The Bertz CT molecular complexity index is 647. The fourth-order valence-electron chi connectivity index (χ4n) is 1.42. The monoisotopic (exact) mass is 326 g/mol. The summed E-state index contributed by atoms with van der Waals surface area (Å²) in [6.07, 6.45) is 0. The van der Waals surface area contributed by atoms with Crippen molar-refractivity contribution < 1.29 is 13.5 Å². The number of nitrogens with one attached hydrogen (secondary N) is 1. The summed E-state index contributed by atoms with van der Waals surface area (Å²) in [6.45, 7) is 0. The maximum absolute atomic E-state index is 13.7. The van der Waals surface area contributed by atoms with Gasteiger partial charge in [-0.2, -0.15) is 0 Å². The minimum atomic E-state index is -0.670. The number of rotatable bonds is 3. The highest BCUT2D eigenvalue weighted by molar-refractivity contribution is 9.10. The lowest BCUT2D eigenvalue weighted by Crippen LogP contribution is -2.11. The molecule has 2 rings (SSSR count). The Balaban J connectivity index is 2.28. The topological polar surface area (TPSA) is 59.1 Å². The average molecular weight is 327 g/mol. The first-order chi connectivity index (χ1) is 8.97. The molecule has 98 valence electrons. The van der Waals surface area contributed by atoms with E-state index in [1.54, 1.807) is 0 Å². The second kappa shape index (κ2) is 5.36. The zero-order valence-electron chi connectivity index (χ0n) is 9.58. The van der Waals surface area contributed by atoms with Gasteiger partial charge >= 0.3 is 0 Å². The van der Waals surface area contributed by atoms with Gasteiger partial charge in [-0.05, 0) is 46.3 Å². The highest BCUT2D eigenvalue weighted by Crippen LogP contribution is 2.27. The standard InChI is InChI=1S/C13H9BrF2N2O/c14-9-3-2-8(6-10(9)15)19-12-4-1-7(13(17)18)5-11(12)16/h1-6H,(H3,17,18). The number of ether oxygens (including phenoxy) is 1. The molecule has 0 amide bonds. The molecule has 19 heavy (non-hydrogen) atoms. The maximum Gasteiger partial charge on any atom is 0.166 e. The number of halogens is 3. The van der Waals surface area contributed by atoms with Crippen LogP contribution in [0, 0.1) is 17.0 Å². The van der Waals surface area contributed by atoms with Gasteiger partial charge in [0, 0.05) is 11.6 Å². The van der Waals surface area contributed by atoms with Crippen LogP contribution in [0.2, 0.25) is 0 Å². The quantitative estimate of drug-likeness (QED) is 0.665. The third-order valence-electron chi connectivity index (χ3n) is 2.36. The van der Waals surface area contributed by atoms with Crippen molar-refractivity contribution >= 4 is 21.8 Å². The number of nitrogens with two attached hydrogens (primary N) is 1. The molecule has 6 heteroatoms. The van der Waals surface area contributed by atoms with E-state index in [0.29, 0.717) is 4.47 Å². The Kier molecular flexibility index (Phi) is 3.80. The van der Waals surface area contributed by atoms with Crippen LogP contribution in [0.3, 0.4) is 0 Å². The highest BCUT2D eigenvalue weighted by Gasteiger charge is 2.09. The molecule has 0 bridgehead atoms. The van der Waals surface area contributed by atoms with E-state index >= 15 is 0 Å². The summed E-state index contributed by atoms with van der Waals surface area (Å²) in [4.78, 5) is 0. The van der Waals surface area contributed by atoms with Crippen LogP contribution in [0.25, 0.3) is 0 Å². The van der Waals surface area contributed by atoms with Crippen molar-refractivity contribution in [2.45, 2.75) is 0 Å². The smallest absolute Gasteiger partial charge is 0.166 e. The Morgan fingerprint density at radius 3 is 2.42 bits per heavy atom. The molecule has 2 aromatic rings. The summed E-state index contributed by atoms with van der Waals surface area (Å²) in [7, 11) is 0. The van der Waals surface area contributed by atoms with Crippen LogP contribution in [-0.2, 0) is 0 Å². The summed E-state index contributed by atoms with van der Waals surface area (Å²) in [6, 6.07) is 8.00. The summed E-state index contributed by atoms with van der Waals surface area (Å²) in [5.74, 6) is -1.30. The lowest BCUT2D eigenvalue weighted by molar-refractivity contribution is 0.438. The molecule has 0 radical (unpaired) electrons. The summed E-state index contributed by atoms with van der Waals surface area (Å²) in [5, 5.41) is 7.19. The third-order valence-corrected chi connectivity index (χ3v) is 3.00. The van der Waals surface area contributed by atoms with E-state index in [0.717, 1.165) is 12.1 Å². The molecule has 0 fully saturated rings. The van der Waals surface area contributed by atoms with Crippen LogP contribution in [-0.4, -0.2) is 5.84 Å². The van der Waals surface area contributed by atoms with E-state index in [4.69, 9.17) is 15.9 Å². The van der Waals surface area contributed by atoms with Gasteiger partial charge in [-0.1, -0.05) is 0 Å². The Morgan fingerprint density at radius 2 is 1.84 bits per heavy atom. The molecule has 0 unspecified atom stereocenters. The zero-order chi connectivity index (χ0) is 14.0. The van der Waals surface area contributed by atoms with Crippen molar-refractivity contribution in [2.24, 2.45) is 5.73 Å². The molecule has 2 aromatic carbocycles. The van der Waals surface area contributed by atoms with Gasteiger partial charge in [0.15, 0.2) is 11.6 Å². The predicted octanol–water partition coefficient (Wildman–Crippen LogP) is 3.80. The Hall–Kier alpha value is -1.95. The fraction of sp³-hybridized carbons (Fsp3) is 0. The molecule has 0 atom stereocenters. The molecule has 0 aliphatic carbocycles. The summed E-state index contributed by atoms with van der Waals surface area (Å²) in [5.41, 5.74) is 5.50. The largest absolute Gasteiger partial charge is 0.454 e. The van der Waals surface area contributed by atoms with Gasteiger partial charge in [-0.15, -0.1) is 0 Å². The zero-order valence-corrected chi connectivity index (χ0v) is 11.2. The molecule has 3 nitrogen and oxygen atoms in total. The molecule has 0 saturated heterocycles. The van der Waals surface area contributed by atoms with Gasteiger partial charge in [0.25, 0.3) is 0 Å². The van der Waals surface area contributed by atoms with Crippen molar-refractivity contribution in [3.63, 3.8) is 0 Å². The lowest BCUT2D eigenvalue weighted by Gasteiger charge is -2.08. The lowest BCUT2D eigenvalue weighted by atomic mass is 10.2. The first-order valence-electron chi connectivity index (χ1n) is 5.24. The minimum absolute atomic E-state index is 0.0632. The highest BCUT2D eigenvalue weighted by atomic mass is 79.9. The molecule has 3 N–H and O–H groups in total. The van der Waals surface area contributed by atoms with Gasteiger partial charge in [-0.25, -0.2) is 8.78 Å². The van der Waals surface area contributed by atoms with E-state index in [9.17, 15) is 8.78 Å². The van der Waals surface area contributed by atoms with Gasteiger partial charge in [0.1, 0.15) is 17.4 Å². The molecule has 0 saturated carbocycles. The van der Waals surface area contributed by atoms with Crippen molar-refractivity contribution in [2.75, 3.05) is 0 Å². The molecule has 0 aromatic heterocycles. The SMILES string of the molecule is N=C(N)c1ccc(Oc2ccc(Br)c(F)c2)c(F)c1. The molecule has 0 aliphatic heterocycles.